The van der Waals surface area contributed by atoms with E-state index in [4.69, 9.17) is 4.74 Å². The van der Waals surface area contributed by atoms with Crippen LogP contribution in [0.2, 0.25) is 0 Å². The van der Waals surface area contributed by atoms with Gasteiger partial charge in [-0.1, -0.05) is 36.4 Å². The Bertz CT molecular complexity index is 478. The molecule has 88 valence electrons. The molecule has 2 rings (SSSR count). The third kappa shape index (κ3) is 3.25. The van der Waals surface area contributed by atoms with E-state index in [1.54, 1.807) is 6.07 Å². The normalized spacial score (nSPS) is 10.2. The van der Waals surface area contributed by atoms with Gasteiger partial charge in [0.1, 0.15) is 11.5 Å². The van der Waals surface area contributed by atoms with Gasteiger partial charge in [0, 0.05) is 12.5 Å². The molecule has 0 saturated heterocycles. The molecule has 0 atom stereocenters. The maximum Gasteiger partial charge on any atom is 0.123 e. The summed E-state index contributed by atoms with van der Waals surface area (Å²) in [4.78, 5) is 0. The highest BCUT2D eigenvalue weighted by Gasteiger charge is 1.99. The molecular formula is C15H16O2. The predicted molar refractivity (Wildman–Crippen MR) is 68.5 cm³/mol. The lowest BCUT2D eigenvalue weighted by atomic mass is 10.2. The Hall–Kier alpha value is -1.96. The van der Waals surface area contributed by atoms with Gasteiger partial charge in [0.25, 0.3) is 0 Å². The van der Waals surface area contributed by atoms with Crippen molar-refractivity contribution in [2.75, 3.05) is 6.61 Å². The minimum Gasteiger partial charge on any atom is -0.508 e. The Morgan fingerprint density at radius 1 is 1.06 bits per heavy atom. The van der Waals surface area contributed by atoms with Gasteiger partial charge in [-0.3, -0.25) is 0 Å². The molecule has 0 spiro atoms. The third-order valence-electron chi connectivity index (χ3n) is 2.68. The zero-order valence-corrected chi connectivity index (χ0v) is 9.89. The van der Waals surface area contributed by atoms with Crippen LogP contribution in [0.1, 0.15) is 11.1 Å². The molecule has 2 aromatic carbocycles. The van der Waals surface area contributed by atoms with E-state index in [0.717, 1.165) is 12.0 Å². The first-order valence-electron chi connectivity index (χ1n) is 5.72. The number of phenols is 1. The van der Waals surface area contributed by atoms with E-state index >= 15 is 0 Å². The second kappa shape index (κ2) is 5.39. The van der Waals surface area contributed by atoms with Crippen LogP contribution in [-0.4, -0.2) is 11.7 Å². The molecule has 1 N–H and O–H groups in total. The Morgan fingerprint density at radius 3 is 2.53 bits per heavy atom. The van der Waals surface area contributed by atoms with Crippen molar-refractivity contribution in [1.29, 1.82) is 0 Å². The molecule has 2 aromatic rings. The summed E-state index contributed by atoms with van der Waals surface area (Å²) < 4.78 is 5.59. The zero-order chi connectivity index (χ0) is 12.1. The second-order valence-corrected chi connectivity index (χ2v) is 4.03. The lowest BCUT2D eigenvalue weighted by Crippen LogP contribution is -2.01. The first kappa shape index (κ1) is 11.5. The molecule has 0 aliphatic heterocycles. The van der Waals surface area contributed by atoms with Crippen LogP contribution in [0.3, 0.4) is 0 Å². The standard InChI is InChI=1S/C15H16O2/c1-12-7-8-14(11-15(12)16)17-10-9-13-5-3-2-4-6-13/h2-8,11,16H,9-10H2,1H3. The van der Waals surface area contributed by atoms with Crippen molar-refractivity contribution in [1.82, 2.24) is 0 Å². The largest absolute Gasteiger partial charge is 0.508 e. The molecule has 0 aliphatic rings. The topological polar surface area (TPSA) is 29.5 Å². The van der Waals surface area contributed by atoms with E-state index in [2.05, 4.69) is 12.1 Å². The van der Waals surface area contributed by atoms with Gasteiger partial charge in [0.15, 0.2) is 0 Å². The fourth-order valence-electron chi connectivity index (χ4n) is 1.61. The van der Waals surface area contributed by atoms with Gasteiger partial charge in [-0.2, -0.15) is 0 Å². The lowest BCUT2D eigenvalue weighted by molar-refractivity contribution is 0.319. The summed E-state index contributed by atoms with van der Waals surface area (Å²) in [5.74, 6) is 0.992. The average molecular weight is 228 g/mol. The van der Waals surface area contributed by atoms with E-state index in [1.807, 2.05) is 37.3 Å². The van der Waals surface area contributed by atoms with Crippen LogP contribution < -0.4 is 4.74 Å². The Morgan fingerprint density at radius 2 is 1.82 bits per heavy atom. The molecule has 0 fully saturated rings. The van der Waals surface area contributed by atoms with Gasteiger partial charge >= 0.3 is 0 Å². The molecular weight excluding hydrogens is 212 g/mol. The number of hydrogen-bond acceptors (Lipinski definition) is 2. The Kier molecular flexibility index (Phi) is 3.66. The average Bonchev–Trinajstić information content (AvgIpc) is 2.35. The summed E-state index contributed by atoms with van der Waals surface area (Å²) in [6, 6.07) is 15.6. The summed E-state index contributed by atoms with van der Waals surface area (Å²) in [7, 11) is 0. The number of benzene rings is 2. The van der Waals surface area contributed by atoms with Crippen LogP contribution in [0, 0.1) is 6.92 Å². The smallest absolute Gasteiger partial charge is 0.123 e. The summed E-state index contributed by atoms with van der Waals surface area (Å²) in [5.41, 5.74) is 2.12. The Labute approximate surface area is 101 Å². The number of ether oxygens (including phenoxy) is 1. The van der Waals surface area contributed by atoms with E-state index < -0.39 is 0 Å². The number of aromatic hydroxyl groups is 1. The monoisotopic (exact) mass is 228 g/mol. The van der Waals surface area contributed by atoms with Crippen LogP contribution in [0.15, 0.2) is 48.5 Å². The fraction of sp³-hybridized carbons (Fsp3) is 0.200. The van der Waals surface area contributed by atoms with Crippen LogP contribution in [0.4, 0.5) is 0 Å². The molecule has 0 unspecified atom stereocenters. The third-order valence-corrected chi connectivity index (χ3v) is 2.68. The number of rotatable bonds is 4. The Balaban J connectivity index is 1.88. The first-order chi connectivity index (χ1) is 8.25. The molecule has 0 bridgehead atoms. The SMILES string of the molecule is Cc1ccc(OCCc2ccccc2)cc1O. The van der Waals surface area contributed by atoms with Crippen molar-refractivity contribution in [3.05, 3.63) is 59.7 Å². The molecule has 0 radical (unpaired) electrons. The lowest BCUT2D eigenvalue weighted by Gasteiger charge is -2.07. The van der Waals surface area contributed by atoms with Gasteiger partial charge in [-0.05, 0) is 24.1 Å². The highest BCUT2D eigenvalue weighted by molar-refractivity contribution is 5.38. The fourth-order valence-corrected chi connectivity index (χ4v) is 1.61. The molecule has 0 heterocycles. The molecule has 0 aliphatic carbocycles. The number of hydrogen-bond donors (Lipinski definition) is 1. The first-order valence-corrected chi connectivity index (χ1v) is 5.72. The van der Waals surface area contributed by atoms with E-state index in [1.165, 1.54) is 5.56 Å². The van der Waals surface area contributed by atoms with E-state index in [9.17, 15) is 5.11 Å². The van der Waals surface area contributed by atoms with Crippen molar-refractivity contribution >= 4 is 0 Å². The van der Waals surface area contributed by atoms with Gasteiger partial charge in [-0.25, -0.2) is 0 Å². The molecule has 2 heteroatoms. The van der Waals surface area contributed by atoms with Crippen molar-refractivity contribution < 1.29 is 9.84 Å². The highest BCUT2D eigenvalue weighted by atomic mass is 16.5. The van der Waals surface area contributed by atoms with Crippen molar-refractivity contribution in [3.8, 4) is 11.5 Å². The van der Waals surface area contributed by atoms with Gasteiger partial charge < -0.3 is 9.84 Å². The second-order valence-electron chi connectivity index (χ2n) is 4.03. The van der Waals surface area contributed by atoms with Crippen LogP contribution in [-0.2, 0) is 6.42 Å². The quantitative estimate of drug-likeness (QED) is 0.869. The van der Waals surface area contributed by atoms with Gasteiger partial charge in [-0.15, -0.1) is 0 Å². The van der Waals surface area contributed by atoms with Crippen LogP contribution in [0.5, 0.6) is 11.5 Å². The van der Waals surface area contributed by atoms with Gasteiger partial charge in [0.05, 0.1) is 6.61 Å². The molecule has 0 saturated carbocycles. The van der Waals surface area contributed by atoms with E-state index in [-0.39, 0.29) is 5.75 Å². The molecule has 17 heavy (non-hydrogen) atoms. The molecule has 0 amide bonds. The number of phenolic OH excluding ortho intramolecular Hbond substituents is 1. The summed E-state index contributed by atoms with van der Waals surface area (Å²) in [5, 5.41) is 9.54. The summed E-state index contributed by atoms with van der Waals surface area (Å²) in [6.45, 7) is 2.48. The van der Waals surface area contributed by atoms with Crippen molar-refractivity contribution in [3.63, 3.8) is 0 Å². The van der Waals surface area contributed by atoms with Crippen LogP contribution >= 0.6 is 0 Å². The minimum absolute atomic E-state index is 0.280. The van der Waals surface area contributed by atoms with Crippen LogP contribution in [0.25, 0.3) is 0 Å². The minimum atomic E-state index is 0.280. The molecule has 2 nitrogen and oxygen atoms in total. The molecule has 0 aromatic heterocycles. The van der Waals surface area contributed by atoms with Gasteiger partial charge in [0.2, 0.25) is 0 Å². The van der Waals surface area contributed by atoms with Crippen molar-refractivity contribution in [2.45, 2.75) is 13.3 Å². The summed E-state index contributed by atoms with van der Waals surface area (Å²) in [6.07, 6.45) is 0.871. The number of aryl methyl sites for hydroxylation is 1. The maximum absolute atomic E-state index is 9.54. The van der Waals surface area contributed by atoms with Crippen molar-refractivity contribution in [2.24, 2.45) is 0 Å². The summed E-state index contributed by atoms with van der Waals surface area (Å²) >= 11 is 0. The van der Waals surface area contributed by atoms with E-state index in [0.29, 0.717) is 12.4 Å². The zero-order valence-electron chi connectivity index (χ0n) is 9.89. The maximum atomic E-state index is 9.54. The highest BCUT2D eigenvalue weighted by Crippen LogP contribution is 2.22. The predicted octanol–water partition coefficient (Wildman–Crippen LogP) is 3.32.